The number of fused-ring (bicyclic) bond motifs is 1. The lowest BCUT2D eigenvalue weighted by Crippen LogP contribution is -2.43. The number of rotatable bonds is 8. The van der Waals surface area contributed by atoms with Gasteiger partial charge in [0.25, 0.3) is 0 Å². The Hall–Kier alpha value is -3.42. The minimum atomic E-state index is -0.277. The highest BCUT2D eigenvalue weighted by atomic mass is 19.1. The van der Waals surface area contributed by atoms with Crippen molar-refractivity contribution in [1.82, 2.24) is 19.8 Å². The molecule has 1 aliphatic heterocycles. The van der Waals surface area contributed by atoms with Gasteiger partial charge in [0, 0.05) is 76.9 Å². The van der Waals surface area contributed by atoms with Crippen LogP contribution in [0.15, 0.2) is 60.8 Å². The summed E-state index contributed by atoms with van der Waals surface area (Å²) in [6, 6.07) is 17.9. The average Bonchev–Trinajstić information content (AvgIpc) is 3.27. The van der Waals surface area contributed by atoms with E-state index in [2.05, 4.69) is 75.6 Å². The van der Waals surface area contributed by atoms with Crippen LogP contribution in [-0.2, 0) is 6.54 Å². The molecule has 6 nitrogen and oxygen atoms in total. The summed E-state index contributed by atoms with van der Waals surface area (Å²) in [5.74, 6) is -0.277. The predicted octanol–water partition coefficient (Wildman–Crippen LogP) is 4.91. The van der Waals surface area contributed by atoms with E-state index in [4.69, 9.17) is 4.98 Å². The second-order valence-corrected chi connectivity index (χ2v) is 9.63. The summed E-state index contributed by atoms with van der Waals surface area (Å²) >= 11 is 0. The molecule has 0 spiro atoms. The fraction of sp³-hybridized carbons (Fsp3) is 0.345. The van der Waals surface area contributed by atoms with Crippen molar-refractivity contribution in [2.45, 2.75) is 13.0 Å². The molecule has 4 aromatic rings. The fourth-order valence-electron chi connectivity index (χ4n) is 4.95. The van der Waals surface area contributed by atoms with Gasteiger partial charge in [0.05, 0.1) is 22.4 Å². The second kappa shape index (κ2) is 10.7. The number of piperazine rings is 1. The number of aryl methyl sites for hydroxylation is 1. The molecule has 0 radical (unpaired) electrons. The number of hydrogen-bond acceptors (Lipinski definition) is 5. The molecule has 188 valence electrons. The van der Waals surface area contributed by atoms with Crippen LogP contribution in [0.5, 0.6) is 0 Å². The van der Waals surface area contributed by atoms with E-state index in [1.807, 2.05) is 12.1 Å². The van der Waals surface area contributed by atoms with E-state index in [9.17, 15) is 4.39 Å². The first-order valence-corrected chi connectivity index (χ1v) is 12.7. The van der Waals surface area contributed by atoms with Gasteiger partial charge in [-0.15, -0.1) is 0 Å². The molecule has 7 heteroatoms. The molecule has 2 aromatic carbocycles. The lowest BCUT2D eigenvalue weighted by atomic mass is 10.1. The number of hydrogen-bond donors (Lipinski definition) is 2. The van der Waals surface area contributed by atoms with Crippen LogP contribution >= 0.6 is 0 Å². The average molecular weight is 487 g/mol. The van der Waals surface area contributed by atoms with Crippen LogP contribution in [0.25, 0.3) is 33.4 Å². The van der Waals surface area contributed by atoms with Gasteiger partial charge in [0.1, 0.15) is 5.82 Å². The topological polar surface area (TPSA) is 48.4 Å². The molecule has 5 rings (SSSR count). The summed E-state index contributed by atoms with van der Waals surface area (Å²) in [7, 11) is 5.83. The van der Waals surface area contributed by atoms with E-state index in [1.165, 1.54) is 0 Å². The first-order chi connectivity index (χ1) is 17.5. The Morgan fingerprint density at radius 3 is 2.58 bits per heavy atom. The Morgan fingerprint density at radius 2 is 1.83 bits per heavy atom. The Kier molecular flexibility index (Phi) is 7.20. The summed E-state index contributed by atoms with van der Waals surface area (Å²) < 4.78 is 16.8. The standard InChI is InChI=1S/C29H35FN6/c1-31-27-9-8-22(19-25(27)30)26-10-11-28-29(33-26)24(21-6-4-7-23(18-21)34(2)3)20-36(28)15-5-14-35-16-12-32-13-17-35/h4,6-11,18-20,31-32H,5,12-17H2,1-3H3. The van der Waals surface area contributed by atoms with Crippen molar-refractivity contribution in [3.05, 3.63) is 66.6 Å². The Balaban J connectivity index is 1.52. The molecule has 0 atom stereocenters. The number of pyridine rings is 1. The molecule has 3 heterocycles. The number of halogens is 1. The molecular formula is C29H35FN6. The molecule has 0 saturated carbocycles. The van der Waals surface area contributed by atoms with Crippen LogP contribution in [0.1, 0.15) is 6.42 Å². The van der Waals surface area contributed by atoms with Crippen molar-refractivity contribution in [2.75, 3.05) is 64.1 Å². The monoisotopic (exact) mass is 486 g/mol. The number of anilines is 2. The van der Waals surface area contributed by atoms with E-state index in [0.717, 1.165) is 84.8 Å². The summed E-state index contributed by atoms with van der Waals surface area (Å²) in [5.41, 5.74) is 7.46. The Bertz CT molecular complexity index is 1340. The first-order valence-electron chi connectivity index (χ1n) is 12.7. The van der Waals surface area contributed by atoms with Crippen LogP contribution in [0.4, 0.5) is 15.8 Å². The lowest BCUT2D eigenvalue weighted by molar-refractivity contribution is 0.235. The van der Waals surface area contributed by atoms with Gasteiger partial charge in [-0.05, 0) is 54.9 Å². The van der Waals surface area contributed by atoms with Gasteiger partial charge < -0.3 is 25.0 Å². The molecule has 0 amide bonds. The highest BCUT2D eigenvalue weighted by Gasteiger charge is 2.16. The molecule has 2 aromatic heterocycles. The zero-order valence-corrected chi connectivity index (χ0v) is 21.4. The minimum absolute atomic E-state index is 0.277. The normalized spacial score (nSPS) is 14.3. The predicted molar refractivity (Wildman–Crippen MR) is 148 cm³/mol. The van der Waals surface area contributed by atoms with E-state index < -0.39 is 0 Å². The third kappa shape index (κ3) is 5.08. The van der Waals surface area contributed by atoms with Gasteiger partial charge >= 0.3 is 0 Å². The van der Waals surface area contributed by atoms with Crippen LogP contribution in [0.2, 0.25) is 0 Å². The molecular weight excluding hydrogens is 451 g/mol. The fourth-order valence-corrected chi connectivity index (χ4v) is 4.95. The quantitative estimate of drug-likeness (QED) is 0.371. The summed E-state index contributed by atoms with van der Waals surface area (Å²) in [6.07, 6.45) is 3.32. The highest BCUT2D eigenvalue weighted by Crippen LogP contribution is 2.34. The molecule has 1 aliphatic rings. The SMILES string of the molecule is CNc1ccc(-c2ccc3c(n2)c(-c2cccc(N(C)C)c2)cn3CCCN2CCNCC2)cc1F. The van der Waals surface area contributed by atoms with Gasteiger partial charge in [0.15, 0.2) is 0 Å². The van der Waals surface area contributed by atoms with Gasteiger partial charge in [0.2, 0.25) is 0 Å². The number of nitrogens with one attached hydrogen (secondary N) is 2. The molecule has 1 saturated heterocycles. The van der Waals surface area contributed by atoms with Gasteiger partial charge in [-0.2, -0.15) is 0 Å². The third-order valence-electron chi connectivity index (χ3n) is 7.01. The van der Waals surface area contributed by atoms with E-state index in [0.29, 0.717) is 5.69 Å². The minimum Gasteiger partial charge on any atom is -0.386 e. The summed E-state index contributed by atoms with van der Waals surface area (Å²) in [4.78, 5) is 9.71. The summed E-state index contributed by atoms with van der Waals surface area (Å²) in [6.45, 7) is 6.39. The van der Waals surface area contributed by atoms with Crippen molar-refractivity contribution >= 4 is 22.4 Å². The van der Waals surface area contributed by atoms with Crippen molar-refractivity contribution in [3.8, 4) is 22.4 Å². The Labute approximate surface area is 212 Å². The van der Waals surface area contributed by atoms with Crippen LogP contribution < -0.4 is 15.5 Å². The van der Waals surface area contributed by atoms with Crippen molar-refractivity contribution in [2.24, 2.45) is 0 Å². The maximum absolute atomic E-state index is 14.5. The molecule has 0 bridgehead atoms. The molecule has 0 unspecified atom stereocenters. The molecule has 0 aliphatic carbocycles. The van der Waals surface area contributed by atoms with Crippen LogP contribution in [0.3, 0.4) is 0 Å². The third-order valence-corrected chi connectivity index (χ3v) is 7.01. The van der Waals surface area contributed by atoms with Gasteiger partial charge in [-0.25, -0.2) is 9.37 Å². The van der Waals surface area contributed by atoms with Crippen LogP contribution in [-0.4, -0.2) is 68.3 Å². The number of nitrogens with zero attached hydrogens (tertiary/aromatic N) is 4. The maximum Gasteiger partial charge on any atom is 0.146 e. The largest absolute Gasteiger partial charge is 0.386 e. The zero-order chi connectivity index (χ0) is 25.1. The van der Waals surface area contributed by atoms with E-state index in [-0.39, 0.29) is 5.82 Å². The maximum atomic E-state index is 14.5. The number of benzene rings is 2. The smallest absolute Gasteiger partial charge is 0.146 e. The van der Waals surface area contributed by atoms with Crippen molar-refractivity contribution < 1.29 is 4.39 Å². The highest BCUT2D eigenvalue weighted by molar-refractivity contribution is 5.95. The van der Waals surface area contributed by atoms with E-state index >= 15 is 0 Å². The molecule has 2 N–H and O–H groups in total. The summed E-state index contributed by atoms with van der Waals surface area (Å²) in [5, 5.41) is 6.31. The van der Waals surface area contributed by atoms with Crippen molar-refractivity contribution in [3.63, 3.8) is 0 Å². The zero-order valence-electron chi connectivity index (χ0n) is 21.4. The van der Waals surface area contributed by atoms with Crippen LogP contribution in [0, 0.1) is 5.82 Å². The van der Waals surface area contributed by atoms with Gasteiger partial charge in [-0.3, -0.25) is 0 Å². The van der Waals surface area contributed by atoms with Gasteiger partial charge in [-0.1, -0.05) is 18.2 Å². The van der Waals surface area contributed by atoms with Crippen molar-refractivity contribution in [1.29, 1.82) is 0 Å². The first kappa shape index (κ1) is 24.3. The molecule has 1 fully saturated rings. The second-order valence-electron chi connectivity index (χ2n) is 9.63. The lowest BCUT2D eigenvalue weighted by Gasteiger charge is -2.27. The molecule has 36 heavy (non-hydrogen) atoms. The Morgan fingerprint density at radius 1 is 1.00 bits per heavy atom. The number of aromatic nitrogens is 2. The van der Waals surface area contributed by atoms with E-state index in [1.54, 1.807) is 19.2 Å².